The lowest BCUT2D eigenvalue weighted by Crippen LogP contribution is -2.47. The maximum atomic E-state index is 11.2. The highest BCUT2D eigenvalue weighted by Crippen LogP contribution is 2.53. The zero-order chi connectivity index (χ0) is 15.1. The minimum Gasteiger partial charge on any atom is -0.386 e. The zero-order valence-corrected chi connectivity index (χ0v) is 14.4. The number of benzene rings is 1. The molecule has 0 amide bonds. The van der Waals surface area contributed by atoms with Crippen molar-refractivity contribution in [2.24, 2.45) is 0 Å². The predicted molar refractivity (Wildman–Crippen MR) is 87.9 cm³/mol. The number of hydrogen-bond donors (Lipinski definition) is 1. The summed E-state index contributed by atoms with van der Waals surface area (Å²) in [4.78, 5) is 3.55. The minimum atomic E-state index is -1.06. The Labute approximate surface area is 142 Å². The number of hydrogen-bond acceptors (Lipinski definition) is 2. The van der Waals surface area contributed by atoms with Gasteiger partial charge in [0.1, 0.15) is 10.2 Å². The van der Waals surface area contributed by atoms with Crippen molar-refractivity contribution in [3.63, 3.8) is 0 Å². The molecular weight excluding hydrogens is 375 g/mol. The van der Waals surface area contributed by atoms with E-state index in [4.69, 9.17) is 23.2 Å². The summed E-state index contributed by atoms with van der Waals surface area (Å²) >= 11 is 16.1. The molecule has 1 aliphatic carbocycles. The predicted octanol–water partition coefficient (Wildman–Crippen LogP) is 4.04. The van der Waals surface area contributed by atoms with Gasteiger partial charge in [0.25, 0.3) is 0 Å². The third kappa shape index (κ3) is 3.14. The van der Waals surface area contributed by atoms with Gasteiger partial charge in [-0.05, 0) is 40.4 Å². The van der Waals surface area contributed by atoms with E-state index in [1.165, 1.54) is 0 Å². The molecule has 1 fully saturated rings. The Morgan fingerprint density at radius 2 is 2.10 bits per heavy atom. The number of aliphatic hydroxyl groups is 1. The highest BCUT2D eigenvalue weighted by atomic mass is 79.9. The smallest absolute Gasteiger partial charge is 0.124 e. The molecule has 3 rings (SSSR count). The molecule has 0 saturated heterocycles. The van der Waals surface area contributed by atoms with E-state index in [1.807, 2.05) is 35.0 Å². The first-order valence-electron chi connectivity index (χ1n) is 6.74. The Morgan fingerprint density at radius 1 is 1.38 bits per heavy atom. The van der Waals surface area contributed by atoms with Gasteiger partial charge in [-0.3, -0.25) is 0 Å². The van der Waals surface area contributed by atoms with Crippen molar-refractivity contribution in [1.29, 1.82) is 0 Å². The van der Waals surface area contributed by atoms with Gasteiger partial charge in [0.15, 0.2) is 0 Å². The Bertz CT molecular complexity index is 657. The Morgan fingerprint density at radius 3 is 2.67 bits per heavy atom. The highest BCUT2D eigenvalue weighted by molar-refractivity contribution is 9.10. The Hall–Kier alpha value is -0.550. The fourth-order valence-electron chi connectivity index (χ4n) is 2.61. The molecule has 2 aromatic rings. The van der Waals surface area contributed by atoms with Crippen LogP contribution in [0.1, 0.15) is 18.4 Å². The van der Waals surface area contributed by atoms with Crippen LogP contribution in [0.5, 0.6) is 0 Å². The summed E-state index contributed by atoms with van der Waals surface area (Å²) in [5.41, 5.74) is -0.146. The third-order valence-corrected chi connectivity index (χ3v) is 5.52. The number of aromatic nitrogens is 2. The topological polar surface area (TPSA) is 38.0 Å². The molecule has 1 aromatic carbocycles. The van der Waals surface area contributed by atoms with Gasteiger partial charge < -0.3 is 9.67 Å². The first-order valence-corrected chi connectivity index (χ1v) is 8.29. The Kier molecular flexibility index (Phi) is 4.08. The standard InChI is InChI=1S/C15H15BrCl2N2O/c16-13-8-20(10-19-13)9-15(21,14(18)5-6-14)7-11-3-1-2-4-12(11)17/h1-4,8,10,21H,5-7,9H2. The summed E-state index contributed by atoms with van der Waals surface area (Å²) in [7, 11) is 0. The Balaban J connectivity index is 1.89. The van der Waals surface area contributed by atoms with Gasteiger partial charge in [-0.15, -0.1) is 11.6 Å². The van der Waals surface area contributed by atoms with Gasteiger partial charge in [-0.2, -0.15) is 0 Å². The molecule has 0 bridgehead atoms. The molecule has 1 heterocycles. The number of halogens is 3. The molecule has 0 spiro atoms. The van der Waals surface area contributed by atoms with E-state index in [-0.39, 0.29) is 0 Å². The van der Waals surface area contributed by atoms with E-state index in [1.54, 1.807) is 6.33 Å². The van der Waals surface area contributed by atoms with Crippen LogP contribution in [-0.4, -0.2) is 25.1 Å². The van der Waals surface area contributed by atoms with Crippen LogP contribution in [0.2, 0.25) is 5.02 Å². The lowest BCUT2D eigenvalue weighted by molar-refractivity contribution is 0.0109. The van der Waals surface area contributed by atoms with Crippen molar-refractivity contribution < 1.29 is 5.11 Å². The molecule has 1 aliphatic rings. The quantitative estimate of drug-likeness (QED) is 0.783. The molecule has 1 N–H and O–H groups in total. The van der Waals surface area contributed by atoms with E-state index in [0.29, 0.717) is 18.0 Å². The molecule has 21 heavy (non-hydrogen) atoms. The van der Waals surface area contributed by atoms with Crippen LogP contribution in [0.4, 0.5) is 0 Å². The van der Waals surface area contributed by atoms with Gasteiger partial charge >= 0.3 is 0 Å². The maximum absolute atomic E-state index is 11.2. The molecule has 112 valence electrons. The lowest BCUT2D eigenvalue weighted by atomic mass is 9.89. The summed E-state index contributed by atoms with van der Waals surface area (Å²) in [5.74, 6) is 0. The van der Waals surface area contributed by atoms with Gasteiger partial charge in [0.05, 0.1) is 17.7 Å². The van der Waals surface area contributed by atoms with Gasteiger partial charge in [0.2, 0.25) is 0 Å². The summed E-state index contributed by atoms with van der Waals surface area (Å²) < 4.78 is 2.59. The second-order valence-corrected chi connectivity index (χ2v) is 7.58. The maximum Gasteiger partial charge on any atom is 0.124 e. The summed E-state index contributed by atoms with van der Waals surface area (Å²) in [6, 6.07) is 7.56. The molecule has 3 nitrogen and oxygen atoms in total. The summed E-state index contributed by atoms with van der Waals surface area (Å²) in [6.45, 7) is 0.389. The van der Waals surface area contributed by atoms with Crippen molar-refractivity contribution >= 4 is 39.1 Å². The van der Waals surface area contributed by atoms with Crippen LogP contribution >= 0.6 is 39.1 Å². The molecule has 6 heteroatoms. The first kappa shape index (κ1) is 15.3. The van der Waals surface area contributed by atoms with Crippen LogP contribution in [0.15, 0.2) is 41.4 Å². The highest BCUT2D eigenvalue weighted by Gasteiger charge is 2.57. The monoisotopic (exact) mass is 388 g/mol. The van der Waals surface area contributed by atoms with E-state index in [9.17, 15) is 5.11 Å². The largest absolute Gasteiger partial charge is 0.386 e. The number of imidazole rings is 1. The molecule has 1 unspecified atom stereocenters. The van der Waals surface area contributed by atoms with Crippen LogP contribution < -0.4 is 0 Å². The van der Waals surface area contributed by atoms with Crippen LogP contribution in [0.25, 0.3) is 0 Å². The fraction of sp³-hybridized carbons (Fsp3) is 0.400. The van der Waals surface area contributed by atoms with E-state index < -0.39 is 10.5 Å². The number of nitrogens with zero attached hydrogens (tertiary/aromatic N) is 2. The summed E-state index contributed by atoms with van der Waals surface area (Å²) in [5, 5.41) is 11.9. The normalized spacial score (nSPS) is 19.2. The fourth-order valence-corrected chi connectivity index (χ4v) is 3.39. The molecule has 0 aliphatic heterocycles. The molecule has 0 radical (unpaired) electrons. The first-order chi connectivity index (χ1) is 9.92. The number of alkyl halides is 1. The summed E-state index contributed by atoms with van der Waals surface area (Å²) in [6.07, 6.45) is 5.56. The molecule has 1 atom stereocenters. The van der Waals surface area contributed by atoms with Crippen molar-refractivity contribution in [2.75, 3.05) is 0 Å². The lowest BCUT2D eigenvalue weighted by Gasteiger charge is -2.33. The third-order valence-electron chi connectivity index (χ3n) is 4.01. The van der Waals surface area contributed by atoms with Gasteiger partial charge in [-0.1, -0.05) is 29.8 Å². The van der Waals surface area contributed by atoms with E-state index >= 15 is 0 Å². The van der Waals surface area contributed by atoms with Crippen molar-refractivity contribution in [2.45, 2.75) is 36.3 Å². The van der Waals surface area contributed by atoms with Crippen LogP contribution in [-0.2, 0) is 13.0 Å². The number of rotatable bonds is 5. The molecular formula is C15H15BrCl2N2O. The van der Waals surface area contributed by atoms with Gasteiger partial charge in [-0.25, -0.2) is 4.98 Å². The minimum absolute atomic E-state index is 0.389. The van der Waals surface area contributed by atoms with Crippen molar-refractivity contribution in [1.82, 2.24) is 9.55 Å². The zero-order valence-electron chi connectivity index (χ0n) is 11.3. The second-order valence-electron chi connectivity index (χ2n) is 5.63. The van der Waals surface area contributed by atoms with Crippen molar-refractivity contribution in [3.05, 3.63) is 52.0 Å². The average molecular weight is 390 g/mol. The average Bonchev–Trinajstić information content (AvgIpc) is 3.07. The second kappa shape index (κ2) is 5.58. The van der Waals surface area contributed by atoms with Crippen LogP contribution in [0.3, 0.4) is 0 Å². The van der Waals surface area contributed by atoms with E-state index in [0.717, 1.165) is 23.0 Å². The van der Waals surface area contributed by atoms with E-state index in [2.05, 4.69) is 20.9 Å². The molecule has 1 saturated carbocycles. The SMILES string of the molecule is OC(Cc1ccccc1Cl)(Cn1cnc(Br)c1)C1(Cl)CC1. The molecule has 1 aromatic heterocycles. The van der Waals surface area contributed by atoms with Crippen LogP contribution in [0, 0.1) is 0 Å². The van der Waals surface area contributed by atoms with Crippen molar-refractivity contribution in [3.8, 4) is 0 Å². The van der Waals surface area contributed by atoms with Gasteiger partial charge in [0, 0.05) is 17.6 Å².